The summed E-state index contributed by atoms with van der Waals surface area (Å²) in [4.78, 5) is 0. The predicted octanol–water partition coefficient (Wildman–Crippen LogP) is 4.21. The molecular formula is C17H29NO. The molecule has 0 aliphatic rings. The molecule has 2 heteroatoms. The molecule has 19 heavy (non-hydrogen) atoms. The molecule has 2 nitrogen and oxygen atoms in total. The van der Waals surface area contributed by atoms with E-state index in [1.165, 1.54) is 12.0 Å². The Balaban J connectivity index is 2.48. The minimum atomic E-state index is 0.538. The van der Waals surface area contributed by atoms with Crippen LogP contribution in [0.3, 0.4) is 0 Å². The van der Waals surface area contributed by atoms with Gasteiger partial charge in [-0.25, -0.2) is 0 Å². The van der Waals surface area contributed by atoms with Crippen LogP contribution in [0.15, 0.2) is 24.3 Å². The van der Waals surface area contributed by atoms with Gasteiger partial charge >= 0.3 is 0 Å². The van der Waals surface area contributed by atoms with E-state index in [-0.39, 0.29) is 0 Å². The lowest BCUT2D eigenvalue weighted by Crippen LogP contribution is -2.25. The van der Waals surface area contributed by atoms with E-state index in [2.05, 4.69) is 57.3 Å². The van der Waals surface area contributed by atoms with Gasteiger partial charge in [0.2, 0.25) is 0 Å². The summed E-state index contributed by atoms with van der Waals surface area (Å²) in [7, 11) is 0. The number of ether oxygens (including phenoxy) is 1. The Kier molecular flexibility index (Phi) is 7.57. The predicted molar refractivity (Wildman–Crippen MR) is 83.0 cm³/mol. The molecule has 0 saturated carbocycles. The second kappa shape index (κ2) is 8.98. The number of hydrogen-bond acceptors (Lipinski definition) is 2. The highest BCUT2D eigenvalue weighted by atomic mass is 16.5. The Hall–Kier alpha value is -1.02. The van der Waals surface area contributed by atoms with Crippen molar-refractivity contribution in [1.82, 2.24) is 5.32 Å². The smallest absolute Gasteiger partial charge is 0.122 e. The minimum absolute atomic E-state index is 0.538. The molecule has 1 rings (SSSR count). The summed E-state index contributed by atoms with van der Waals surface area (Å²) < 4.78 is 6.01. The van der Waals surface area contributed by atoms with Crippen molar-refractivity contribution >= 4 is 0 Å². The molecule has 0 amide bonds. The molecule has 0 aliphatic heterocycles. The van der Waals surface area contributed by atoms with Crippen molar-refractivity contribution in [3.05, 3.63) is 29.8 Å². The molecule has 0 fully saturated rings. The highest BCUT2D eigenvalue weighted by Gasteiger charge is 2.10. The summed E-state index contributed by atoms with van der Waals surface area (Å²) in [5.41, 5.74) is 1.33. The lowest BCUT2D eigenvalue weighted by molar-refractivity contribution is 0.252. The van der Waals surface area contributed by atoms with Gasteiger partial charge < -0.3 is 10.1 Å². The highest BCUT2D eigenvalue weighted by molar-refractivity contribution is 5.35. The van der Waals surface area contributed by atoms with E-state index in [4.69, 9.17) is 4.74 Å². The molecule has 1 aromatic rings. The first kappa shape index (κ1) is 16.0. The van der Waals surface area contributed by atoms with Gasteiger partial charge in [0.05, 0.1) is 6.61 Å². The zero-order valence-corrected chi connectivity index (χ0v) is 12.9. The van der Waals surface area contributed by atoms with Crippen LogP contribution in [0.2, 0.25) is 0 Å². The van der Waals surface area contributed by atoms with E-state index in [9.17, 15) is 0 Å². The van der Waals surface area contributed by atoms with Crippen LogP contribution in [0.4, 0.5) is 0 Å². The molecule has 0 spiro atoms. The van der Waals surface area contributed by atoms with E-state index in [0.717, 1.165) is 31.9 Å². The zero-order valence-electron chi connectivity index (χ0n) is 12.9. The third kappa shape index (κ3) is 5.65. The van der Waals surface area contributed by atoms with Crippen molar-refractivity contribution in [2.75, 3.05) is 19.7 Å². The number of benzene rings is 1. The first-order valence-corrected chi connectivity index (χ1v) is 7.61. The van der Waals surface area contributed by atoms with Crippen LogP contribution >= 0.6 is 0 Å². The topological polar surface area (TPSA) is 21.3 Å². The van der Waals surface area contributed by atoms with Gasteiger partial charge in [-0.15, -0.1) is 0 Å². The van der Waals surface area contributed by atoms with Crippen molar-refractivity contribution in [2.24, 2.45) is 5.92 Å². The van der Waals surface area contributed by atoms with E-state index in [0.29, 0.717) is 11.8 Å². The second-order valence-corrected chi connectivity index (χ2v) is 5.47. The first-order chi connectivity index (χ1) is 9.19. The Labute approximate surface area is 118 Å². The number of hydrogen-bond donors (Lipinski definition) is 1. The molecular weight excluding hydrogens is 234 g/mol. The number of nitrogens with one attached hydrogen (secondary N) is 1. The normalized spacial score (nSPS) is 14.1. The third-order valence-corrected chi connectivity index (χ3v) is 3.51. The molecule has 2 atom stereocenters. The van der Waals surface area contributed by atoms with Gasteiger partial charge in [-0.3, -0.25) is 0 Å². The minimum Gasteiger partial charge on any atom is -0.493 e. The first-order valence-electron chi connectivity index (χ1n) is 7.61. The van der Waals surface area contributed by atoms with Gasteiger partial charge in [0, 0.05) is 12.5 Å². The second-order valence-electron chi connectivity index (χ2n) is 5.47. The van der Waals surface area contributed by atoms with Gasteiger partial charge in [-0.2, -0.15) is 0 Å². The van der Waals surface area contributed by atoms with Crippen LogP contribution in [0.5, 0.6) is 5.75 Å². The number of para-hydroxylation sites is 1. The Morgan fingerprint density at radius 1 is 1.16 bits per heavy atom. The fraction of sp³-hybridized carbons (Fsp3) is 0.647. The van der Waals surface area contributed by atoms with Gasteiger partial charge in [-0.05, 0) is 36.9 Å². The molecule has 108 valence electrons. The van der Waals surface area contributed by atoms with Gasteiger partial charge in [0.25, 0.3) is 0 Å². The van der Waals surface area contributed by atoms with E-state index in [1.807, 2.05) is 0 Å². The van der Waals surface area contributed by atoms with Crippen LogP contribution in [0.1, 0.15) is 52.0 Å². The fourth-order valence-corrected chi connectivity index (χ4v) is 2.06. The largest absolute Gasteiger partial charge is 0.493 e. The fourth-order valence-electron chi connectivity index (χ4n) is 2.06. The lowest BCUT2D eigenvalue weighted by atomic mass is 9.98. The maximum atomic E-state index is 6.01. The van der Waals surface area contributed by atoms with Crippen LogP contribution in [0, 0.1) is 5.92 Å². The zero-order chi connectivity index (χ0) is 14.1. The van der Waals surface area contributed by atoms with Gasteiger partial charge in [0.1, 0.15) is 5.75 Å². The molecule has 0 heterocycles. The van der Waals surface area contributed by atoms with Crippen LogP contribution in [0.25, 0.3) is 0 Å². The lowest BCUT2D eigenvalue weighted by Gasteiger charge is -2.18. The molecule has 0 saturated heterocycles. The standard InChI is InChI=1S/C17H29NO/c1-5-11-18-12-14(3)13-19-17-10-8-7-9-16(17)15(4)6-2/h7-10,14-15,18H,5-6,11-13H2,1-4H3. The summed E-state index contributed by atoms with van der Waals surface area (Å²) in [5.74, 6) is 2.15. The summed E-state index contributed by atoms with van der Waals surface area (Å²) in [6.07, 6.45) is 2.33. The molecule has 0 bridgehead atoms. The van der Waals surface area contributed by atoms with Crippen molar-refractivity contribution in [2.45, 2.75) is 46.5 Å². The Morgan fingerprint density at radius 2 is 1.89 bits per heavy atom. The maximum Gasteiger partial charge on any atom is 0.122 e. The summed E-state index contributed by atoms with van der Waals surface area (Å²) >= 11 is 0. The summed E-state index contributed by atoms with van der Waals surface area (Å²) in [5, 5.41) is 3.44. The molecule has 1 N–H and O–H groups in total. The Bertz CT molecular complexity index is 351. The van der Waals surface area contributed by atoms with Crippen molar-refractivity contribution in [3.63, 3.8) is 0 Å². The summed E-state index contributed by atoms with van der Waals surface area (Å²) in [6.45, 7) is 11.8. The third-order valence-electron chi connectivity index (χ3n) is 3.51. The number of rotatable bonds is 9. The Morgan fingerprint density at radius 3 is 2.58 bits per heavy atom. The SMILES string of the molecule is CCCNCC(C)COc1ccccc1C(C)CC. The molecule has 0 radical (unpaired) electrons. The van der Waals surface area contributed by atoms with E-state index >= 15 is 0 Å². The van der Waals surface area contributed by atoms with Crippen molar-refractivity contribution in [1.29, 1.82) is 0 Å². The van der Waals surface area contributed by atoms with E-state index < -0.39 is 0 Å². The van der Waals surface area contributed by atoms with Crippen LogP contribution in [-0.4, -0.2) is 19.7 Å². The monoisotopic (exact) mass is 263 g/mol. The molecule has 0 aromatic heterocycles. The molecule has 1 aromatic carbocycles. The average molecular weight is 263 g/mol. The molecule has 0 aliphatic carbocycles. The summed E-state index contributed by atoms with van der Waals surface area (Å²) in [6, 6.07) is 8.43. The van der Waals surface area contributed by atoms with Crippen LogP contribution in [-0.2, 0) is 0 Å². The van der Waals surface area contributed by atoms with Gasteiger partial charge in [-0.1, -0.05) is 45.9 Å². The quantitative estimate of drug-likeness (QED) is 0.674. The maximum absolute atomic E-state index is 6.01. The van der Waals surface area contributed by atoms with Gasteiger partial charge in [0.15, 0.2) is 0 Å². The molecule has 2 unspecified atom stereocenters. The van der Waals surface area contributed by atoms with Crippen molar-refractivity contribution in [3.8, 4) is 5.75 Å². The van der Waals surface area contributed by atoms with Crippen LogP contribution < -0.4 is 10.1 Å². The average Bonchev–Trinajstić information content (AvgIpc) is 2.45. The highest BCUT2D eigenvalue weighted by Crippen LogP contribution is 2.28. The van der Waals surface area contributed by atoms with Crippen molar-refractivity contribution < 1.29 is 4.74 Å². The van der Waals surface area contributed by atoms with E-state index in [1.54, 1.807) is 0 Å².